The van der Waals surface area contributed by atoms with Crippen molar-refractivity contribution in [2.24, 2.45) is 0 Å². The molecule has 0 nitrogen and oxygen atoms in total. The van der Waals surface area contributed by atoms with Gasteiger partial charge in [0.2, 0.25) is 0 Å². The first-order chi connectivity index (χ1) is 10.1. The van der Waals surface area contributed by atoms with E-state index in [1.807, 2.05) is 0 Å². The Labute approximate surface area is 144 Å². The molecule has 0 aromatic carbocycles. The van der Waals surface area contributed by atoms with E-state index in [-0.39, 0.29) is 0 Å². The molecule has 0 unspecified atom stereocenters. The molecule has 0 radical (unpaired) electrons. The van der Waals surface area contributed by atoms with Gasteiger partial charge < -0.3 is 0 Å². The lowest BCUT2D eigenvalue weighted by Gasteiger charge is -2.02. The van der Waals surface area contributed by atoms with Crippen molar-refractivity contribution >= 4 is 38.8 Å². The van der Waals surface area contributed by atoms with Crippen molar-refractivity contribution in [3.63, 3.8) is 0 Å². The predicted octanol–water partition coefficient (Wildman–Crippen LogP) is 5.93. The summed E-state index contributed by atoms with van der Waals surface area (Å²) in [6.45, 7) is 13.6. The first-order valence-electron chi connectivity index (χ1n) is 7.36. The van der Waals surface area contributed by atoms with Crippen LogP contribution < -0.4 is 0 Å². The molecule has 114 valence electrons. The molecular formula is C18H22S2Si2. The van der Waals surface area contributed by atoms with Gasteiger partial charge in [-0.3, -0.25) is 0 Å². The molecule has 2 aromatic rings. The fraction of sp³-hybridized carbons (Fsp3) is 0.333. The quantitative estimate of drug-likeness (QED) is 0.437. The standard InChI is InChI=1S/C18H22S2Si2/c1-21(2,3)9-7-15-11-17(19-13-15)18-12-16(14-20-18)8-10-22(4,5)6/h11-14H,1-6H3. The van der Waals surface area contributed by atoms with E-state index in [1.54, 1.807) is 22.7 Å². The van der Waals surface area contributed by atoms with E-state index in [1.165, 1.54) is 9.75 Å². The molecule has 2 heterocycles. The summed E-state index contributed by atoms with van der Waals surface area (Å²) < 4.78 is 0. The Morgan fingerprint density at radius 2 is 1.05 bits per heavy atom. The third-order valence-electron chi connectivity index (χ3n) is 2.61. The van der Waals surface area contributed by atoms with Crippen LogP contribution in [0, 0.1) is 22.9 Å². The summed E-state index contributed by atoms with van der Waals surface area (Å²) in [6.07, 6.45) is 0. The van der Waals surface area contributed by atoms with Gasteiger partial charge in [-0.1, -0.05) is 51.1 Å². The van der Waals surface area contributed by atoms with Crippen LogP contribution in [-0.4, -0.2) is 16.1 Å². The first-order valence-corrected chi connectivity index (χ1v) is 16.1. The summed E-state index contributed by atoms with van der Waals surface area (Å²) in [5.41, 5.74) is 9.14. The average Bonchev–Trinajstić information content (AvgIpc) is 3.01. The van der Waals surface area contributed by atoms with Gasteiger partial charge in [0.25, 0.3) is 0 Å². The van der Waals surface area contributed by atoms with Gasteiger partial charge in [0.05, 0.1) is 0 Å². The summed E-state index contributed by atoms with van der Waals surface area (Å²) in [6, 6.07) is 4.42. The van der Waals surface area contributed by atoms with Crippen LogP contribution in [0.4, 0.5) is 0 Å². The fourth-order valence-electron chi connectivity index (χ4n) is 1.58. The number of hydrogen-bond acceptors (Lipinski definition) is 2. The molecule has 2 rings (SSSR count). The fourth-order valence-corrected chi connectivity index (χ4v) is 4.41. The summed E-state index contributed by atoms with van der Waals surface area (Å²) in [4.78, 5) is 2.59. The smallest absolute Gasteiger partial charge is 0.129 e. The molecule has 0 bridgehead atoms. The van der Waals surface area contributed by atoms with E-state index in [9.17, 15) is 0 Å². The minimum Gasteiger partial charge on any atom is -0.142 e. The van der Waals surface area contributed by atoms with Crippen LogP contribution in [-0.2, 0) is 0 Å². The molecule has 0 saturated heterocycles. The molecule has 0 spiro atoms. The molecule has 0 saturated carbocycles. The zero-order chi connectivity index (χ0) is 16.4. The average molecular weight is 359 g/mol. The highest BCUT2D eigenvalue weighted by Crippen LogP contribution is 2.32. The maximum atomic E-state index is 3.43. The largest absolute Gasteiger partial charge is 0.142 e. The number of rotatable bonds is 1. The van der Waals surface area contributed by atoms with Crippen LogP contribution in [0.3, 0.4) is 0 Å². The molecule has 4 heteroatoms. The molecule has 0 fully saturated rings. The zero-order valence-electron chi connectivity index (χ0n) is 14.1. The van der Waals surface area contributed by atoms with Crippen LogP contribution in [0.2, 0.25) is 39.3 Å². The van der Waals surface area contributed by atoms with Crippen molar-refractivity contribution in [1.29, 1.82) is 0 Å². The second-order valence-corrected chi connectivity index (χ2v) is 18.7. The van der Waals surface area contributed by atoms with E-state index in [4.69, 9.17) is 0 Å². The third kappa shape index (κ3) is 5.63. The van der Waals surface area contributed by atoms with Crippen molar-refractivity contribution in [3.05, 3.63) is 34.0 Å². The monoisotopic (exact) mass is 358 g/mol. The molecule has 0 amide bonds. The van der Waals surface area contributed by atoms with Gasteiger partial charge in [-0.05, 0) is 12.1 Å². The third-order valence-corrected chi connectivity index (χ3v) is 6.41. The highest BCUT2D eigenvalue weighted by molar-refractivity contribution is 7.20. The lowest BCUT2D eigenvalue weighted by molar-refractivity contribution is 1.78. The Morgan fingerprint density at radius 3 is 1.36 bits per heavy atom. The summed E-state index contributed by atoms with van der Waals surface area (Å²) in [5.74, 6) is 6.66. The van der Waals surface area contributed by atoms with Crippen molar-refractivity contribution in [2.45, 2.75) is 39.3 Å². The highest BCUT2D eigenvalue weighted by Gasteiger charge is 2.10. The van der Waals surface area contributed by atoms with Gasteiger partial charge in [-0.25, -0.2) is 0 Å². The van der Waals surface area contributed by atoms with E-state index < -0.39 is 16.1 Å². The molecular weight excluding hydrogens is 337 g/mol. The van der Waals surface area contributed by atoms with Crippen LogP contribution in [0.15, 0.2) is 22.9 Å². The SMILES string of the molecule is C[Si](C)(C)C#Cc1csc(-c2cc(C#C[Si](C)(C)C)cs2)c1. The zero-order valence-corrected chi connectivity index (χ0v) is 17.8. The maximum absolute atomic E-state index is 3.43. The normalized spacial score (nSPS) is 11.4. The van der Waals surface area contributed by atoms with Gasteiger partial charge >= 0.3 is 0 Å². The lowest BCUT2D eigenvalue weighted by atomic mass is 10.2. The second kappa shape index (κ2) is 6.60. The van der Waals surface area contributed by atoms with E-state index in [0.29, 0.717) is 0 Å². The molecule has 0 atom stereocenters. The Morgan fingerprint density at radius 1 is 0.682 bits per heavy atom. The number of thiophene rings is 2. The Kier molecular flexibility index (Phi) is 5.19. The van der Waals surface area contributed by atoms with Gasteiger partial charge in [0.15, 0.2) is 0 Å². The summed E-state index contributed by atoms with van der Waals surface area (Å²) in [7, 11) is -2.61. The topological polar surface area (TPSA) is 0 Å². The van der Waals surface area contributed by atoms with Gasteiger partial charge in [0.1, 0.15) is 16.1 Å². The molecule has 0 aliphatic heterocycles. The molecule has 0 N–H and O–H groups in total. The lowest BCUT2D eigenvalue weighted by Crippen LogP contribution is -2.16. The predicted molar refractivity (Wildman–Crippen MR) is 108 cm³/mol. The highest BCUT2D eigenvalue weighted by atomic mass is 32.1. The Bertz CT molecular complexity index is 707. The van der Waals surface area contributed by atoms with Crippen LogP contribution >= 0.6 is 22.7 Å². The van der Waals surface area contributed by atoms with Gasteiger partial charge in [-0.2, -0.15) is 0 Å². The number of hydrogen-bond donors (Lipinski definition) is 0. The van der Waals surface area contributed by atoms with Gasteiger partial charge in [0, 0.05) is 31.6 Å². The van der Waals surface area contributed by atoms with Crippen LogP contribution in [0.25, 0.3) is 9.75 Å². The van der Waals surface area contributed by atoms with Crippen molar-refractivity contribution in [1.82, 2.24) is 0 Å². The molecule has 0 aliphatic carbocycles. The molecule has 22 heavy (non-hydrogen) atoms. The minimum atomic E-state index is -1.30. The minimum absolute atomic E-state index is 1.14. The summed E-state index contributed by atoms with van der Waals surface area (Å²) in [5, 5.41) is 4.32. The molecule has 2 aromatic heterocycles. The van der Waals surface area contributed by atoms with E-state index >= 15 is 0 Å². The maximum Gasteiger partial charge on any atom is 0.129 e. The Hall–Kier alpha value is -1.05. The first kappa shape index (κ1) is 17.3. The van der Waals surface area contributed by atoms with Crippen LogP contribution in [0.1, 0.15) is 11.1 Å². The van der Waals surface area contributed by atoms with E-state index in [0.717, 1.165) is 11.1 Å². The Balaban J connectivity index is 2.20. The van der Waals surface area contributed by atoms with Gasteiger partial charge in [-0.15, -0.1) is 33.8 Å². The second-order valence-electron chi connectivity index (χ2n) is 7.40. The van der Waals surface area contributed by atoms with Crippen LogP contribution in [0.5, 0.6) is 0 Å². The molecule has 0 aliphatic rings. The van der Waals surface area contributed by atoms with Crippen molar-refractivity contribution < 1.29 is 0 Å². The van der Waals surface area contributed by atoms with Crippen molar-refractivity contribution in [2.75, 3.05) is 0 Å². The van der Waals surface area contributed by atoms with Crippen molar-refractivity contribution in [3.8, 4) is 32.7 Å². The summed E-state index contributed by atoms with van der Waals surface area (Å²) >= 11 is 3.55. The van der Waals surface area contributed by atoms with E-state index in [2.05, 4.69) is 85.1 Å².